The Hall–Kier alpha value is -1.93. The van der Waals surface area contributed by atoms with Crippen LogP contribution in [0, 0.1) is 0 Å². The molecule has 2 heterocycles. The molecule has 1 N–H and O–H groups in total. The molecule has 3 rings (SSSR count). The van der Waals surface area contributed by atoms with Gasteiger partial charge in [0.2, 0.25) is 21.8 Å². The molecule has 1 fully saturated rings. The molecule has 0 aliphatic carbocycles. The number of rotatable bonds is 4. The standard InChI is InChI=1S/C17H23N3O4S/c1-13(21)20-10-7-14-11-15(5-6-16(14)20)25(23,24)18-12-17(22)19-8-3-2-4-9-19/h5-6,11,18H,2-4,7-10,12H2,1H3. The number of nitrogens with one attached hydrogen (secondary N) is 1. The molecule has 0 saturated carbocycles. The zero-order valence-corrected chi connectivity index (χ0v) is 15.1. The molecule has 8 heteroatoms. The summed E-state index contributed by atoms with van der Waals surface area (Å²) < 4.78 is 27.3. The van der Waals surface area contributed by atoms with Gasteiger partial charge >= 0.3 is 0 Å². The van der Waals surface area contributed by atoms with Gasteiger partial charge in [-0.25, -0.2) is 13.1 Å². The highest BCUT2D eigenvalue weighted by Gasteiger charge is 2.25. The topological polar surface area (TPSA) is 86.8 Å². The van der Waals surface area contributed by atoms with Gasteiger partial charge in [0, 0.05) is 32.2 Å². The van der Waals surface area contributed by atoms with E-state index in [0.29, 0.717) is 26.1 Å². The number of fused-ring (bicyclic) bond motifs is 1. The van der Waals surface area contributed by atoms with Gasteiger partial charge in [0.1, 0.15) is 0 Å². The first-order chi connectivity index (χ1) is 11.9. The van der Waals surface area contributed by atoms with E-state index in [0.717, 1.165) is 30.5 Å². The molecule has 2 aliphatic rings. The fraction of sp³-hybridized carbons (Fsp3) is 0.529. The third-order valence-electron chi connectivity index (χ3n) is 4.76. The van der Waals surface area contributed by atoms with E-state index in [1.54, 1.807) is 21.9 Å². The summed E-state index contributed by atoms with van der Waals surface area (Å²) >= 11 is 0. The summed E-state index contributed by atoms with van der Waals surface area (Å²) in [5, 5.41) is 0. The van der Waals surface area contributed by atoms with Crippen LogP contribution in [0.15, 0.2) is 23.1 Å². The van der Waals surface area contributed by atoms with E-state index in [1.807, 2.05) is 0 Å². The largest absolute Gasteiger partial charge is 0.342 e. The van der Waals surface area contributed by atoms with Gasteiger partial charge in [-0.05, 0) is 49.4 Å². The maximum atomic E-state index is 12.5. The monoisotopic (exact) mass is 365 g/mol. The molecule has 0 radical (unpaired) electrons. The van der Waals surface area contributed by atoms with Crippen molar-refractivity contribution in [2.24, 2.45) is 0 Å². The second-order valence-corrected chi connectivity index (χ2v) is 8.24. The number of sulfonamides is 1. The number of piperidine rings is 1. The summed E-state index contributed by atoms with van der Waals surface area (Å²) in [5.74, 6) is -0.244. The van der Waals surface area contributed by atoms with E-state index >= 15 is 0 Å². The van der Waals surface area contributed by atoms with Crippen molar-refractivity contribution >= 4 is 27.5 Å². The van der Waals surface area contributed by atoms with Crippen molar-refractivity contribution in [1.29, 1.82) is 0 Å². The molecule has 1 aromatic carbocycles. The van der Waals surface area contributed by atoms with Crippen molar-refractivity contribution in [1.82, 2.24) is 9.62 Å². The third-order valence-corrected chi connectivity index (χ3v) is 6.16. The molecule has 1 saturated heterocycles. The van der Waals surface area contributed by atoms with E-state index < -0.39 is 10.0 Å². The van der Waals surface area contributed by atoms with Crippen molar-refractivity contribution in [2.45, 2.75) is 37.5 Å². The Morgan fingerprint density at radius 1 is 1.12 bits per heavy atom. The molecule has 0 bridgehead atoms. The van der Waals surface area contributed by atoms with Crippen LogP contribution in [0.1, 0.15) is 31.7 Å². The lowest BCUT2D eigenvalue weighted by atomic mass is 10.1. The van der Waals surface area contributed by atoms with Gasteiger partial charge in [-0.15, -0.1) is 0 Å². The number of nitrogens with zero attached hydrogens (tertiary/aromatic N) is 2. The number of carbonyl (C=O) groups is 2. The summed E-state index contributed by atoms with van der Waals surface area (Å²) in [5.41, 5.74) is 1.59. The first-order valence-corrected chi connectivity index (χ1v) is 10.1. The lowest BCUT2D eigenvalue weighted by Gasteiger charge is -2.26. The quantitative estimate of drug-likeness (QED) is 0.858. The van der Waals surface area contributed by atoms with Crippen molar-refractivity contribution in [3.05, 3.63) is 23.8 Å². The number of amides is 2. The summed E-state index contributed by atoms with van der Waals surface area (Å²) in [6.45, 7) is 3.22. The van der Waals surface area contributed by atoms with Crippen molar-refractivity contribution < 1.29 is 18.0 Å². The zero-order valence-electron chi connectivity index (χ0n) is 14.3. The van der Waals surface area contributed by atoms with E-state index in [-0.39, 0.29) is 23.3 Å². The van der Waals surface area contributed by atoms with Crippen LogP contribution in [-0.4, -0.2) is 51.3 Å². The minimum atomic E-state index is -3.75. The molecule has 0 aromatic heterocycles. The number of likely N-dealkylation sites (tertiary alicyclic amines) is 1. The van der Waals surface area contributed by atoms with Crippen LogP contribution in [0.25, 0.3) is 0 Å². The molecular formula is C17H23N3O4S. The fourth-order valence-corrected chi connectivity index (χ4v) is 4.39. The van der Waals surface area contributed by atoms with Crippen molar-refractivity contribution in [3.63, 3.8) is 0 Å². The molecule has 1 aromatic rings. The van der Waals surface area contributed by atoms with Crippen LogP contribution >= 0.6 is 0 Å². The maximum absolute atomic E-state index is 12.5. The highest BCUT2D eigenvalue weighted by molar-refractivity contribution is 7.89. The predicted octanol–water partition coefficient (Wildman–Crippen LogP) is 0.886. The van der Waals surface area contributed by atoms with Gasteiger partial charge in [0.15, 0.2) is 0 Å². The van der Waals surface area contributed by atoms with Crippen LogP contribution in [0.2, 0.25) is 0 Å². The molecule has 2 amide bonds. The second-order valence-electron chi connectivity index (χ2n) is 6.48. The van der Waals surface area contributed by atoms with E-state index in [2.05, 4.69) is 4.72 Å². The van der Waals surface area contributed by atoms with Crippen molar-refractivity contribution in [3.8, 4) is 0 Å². The molecule has 2 aliphatic heterocycles. The van der Waals surface area contributed by atoms with Gasteiger partial charge in [-0.1, -0.05) is 0 Å². The fourth-order valence-electron chi connectivity index (χ4n) is 3.37. The predicted molar refractivity (Wildman–Crippen MR) is 93.8 cm³/mol. The minimum absolute atomic E-state index is 0.0559. The SMILES string of the molecule is CC(=O)N1CCc2cc(S(=O)(=O)NCC(=O)N3CCCCC3)ccc21. The number of hydrogen-bond donors (Lipinski definition) is 1. The van der Waals surface area contributed by atoms with Crippen LogP contribution in [0.3, 0.4) is 0 Å². The normalized spacial score (nSPS) is 17.5. The molecule has 0 unspecified atom stereocenters. The van der Waals surface area contributed by atoms with Gasteiger partial charge in [-0.2, -0.15) is 0 Å². The number of benzene rings is 1. The first kappa shape index (κ1) is 17.9. The average molecular weight is 365 g/mol. The summed E-state index contributed by atoms with van der Waals surface area (Å²) in [4.78, 5) is 27.2. The van der Waals surface area contributed by atoms with Gasteiger partial charge in [0.05, 0.1) is 11.4 Å². The Bertz CT molecular complexity index is 785. The lowest BCUT2D eigenvalue weighted by molar-refractivity contribution is -0.130. The highest BCUT2D eigenvalue weighted by atomic mass is 32.2. The van der Waals surface area contributed by atoms with Crippen LogP contribution in [-0.2, 0) is 26.0 Å². The molecule has 136 valence electrons. The summed E-state index contributed by atoms with van der Waals surface area (Å²) in [6.07, 6.45) is 3.68. The van der Waals surface area contributed by atoms with E-state index in [1.165, 1.54) is 13.0 Å². The maximum Gasteiger partial charge on any atom is 0.241 e. The molecule has 7 nitrogen and oxygen atoms in total. The Kier molecular flexibility index (Phi) is 5.10. The zero-order chi connectivity index (χ0) is 18.0. The van der Waals surface area contributed by atoms with Crippen LogP contribution < -0.4 is 9.62 Å². The van der Waals surface area contributed by atoms with Crippen molar-refractivity contribution in [2.75, 3.05) is 31.1 Å². The van der Waals surface area contributed by atoms with Crippen LogP contribution in [0.5, 0.6) is 0 Å². The molecule has 25 heavy (non-hydrogen) atoms. The first-order valence-electron chi connectivity index (χ1n) is 8.57. The number of carbonyl (C=O) groups excluding carboxylic acids is 2. The summed E-state index contributed by atoms with van der Waals surface area (Å²) in [6, 6.07) is 4.73. The Labute approximate surface area is 148 Å². The Morgan fingerprint density at radius 2 is 1.84 bits per heavy atom. The van der Waals surface area contributed by atoms with Gasteiger partial charge < -0.3 is 9.80 Å². The van der Waals surface area contributed by atoms with Crippen LogP contribution in [0.4, 0.5) is 5.69 Å². The third kappa shape index (κ3) is 3.85. The summed E-state index contributed by atoms with van der Waals surface area (Å²) in [7, 11) is -3.75. The molecule has 0 spiro atoms. The number of anilines is 1. The van der Waals surface area contributed by atoms with E-state index in [4.69, 9.17) is 0 Å². The minimum Gasteiger partial charge on any atom is -0.342 e. The Balaban J connectivity index is 1.68. The molecular weight excluding hydrogens is 342 g/mol. The van der Waals surface area contributed by atoms with Gasteiger partial charge in [-0.3, -0.25) is 9.59 Å². The van der Waals surface area contributed by atoms with E-state index in [9.17, 15) is 18.0 Å². The average Bonchev–Trinajstić information content (AvgIpc) is 3.04. The smallest absolute Gasteiger partial charge is 0.241 e. The highest BCUT2D eigenvalue weighted by Crippen LogP contribution is 2.30. The molecule has 0 atom stereocenters. The lowest BCUT2D eigenvalue weighted by Crippen LogP contribution is -2.42. The second kappa shape index (κ2) is 7.13. The number of hydrogen-bond acceptors (Lipinski definition) is 4. The van der Waals surface area contributed by atoms with Gasteiger partial charge in [0.25, 0.3) is 0 Å². The Morgan fingerprint density at radius 3 is 2.52 bits per heavy atom.